The molecule has 2 aromatic carbocycles. The highest BCUT2D eigenvalue weighted by Gasteiger charge is 2.05. The summed E-state index contributed by atoms with van der Waals surface area (Å²) in [7, 11) is 0. The number of fused-ring (bicyclic) bond motifs is 2. The first kappa shape index (κ1) is 12.4. The molecule has 1 N–H and O–H groups in total. The van der Waals surface area contributed by atoms with Gasteiger partial charge in [0.2, 0.25) is 0 Å². The fourth-order valence-electron chi connectivity index (χ4n) is 1.84. The summed E-state index contributed by atoms with van der Waals surface area (Å²) in [6, 6.07) is 16.6. The highest BCUT2D eigenvalue weighted by molar-refractivity contribution is 5.87. The SMILES string of the molecule is C1=Cc2ccccc2Nc2ccccc21.CCC. The number of hydrogen-bond donors (Lipinski definition) is 1. The zero-order valence-corrected chi connectivity index (χ0v) is 11.0. The number of benzene rings is 2. The van der Waals surface area contributed by atoms with E-state index in [1.54, 1.807) is 0 Å². The Hall–Kier alpha value is -2.02. The van der Waals surface area contributed by atoms with E-state index in [9.17, 15) is 0 Å². The topological polar surface area (TPSA) is 12.0 Å². The summed E-state index contributed by atoms with van der Waals surface area (Å²) >= 11 is 0. The molecule has 0 spiro atoms. The zero-order chi connectivity index (χ0) is 12.8. The standard InChI is InChI=1S/C14H11N.C3H8/c1-3-7-13-11(5-1)9-10-12-6-2-4-8-14(12)15-13;1-3-2/h1-10,15H;3H2,1-2H3. The molecule has 0 radical (unpaired) electrons. The van der Waals surface area contributed by atoms with E-state index in [-0.39, 0.29) is 0 Å². The van der Waals surface area contributed by atoms with Gasteiger partial charge in [-0.15, -0.1) is 0 Å². The minimum atomic E-state index is 1.17. The third-order valence-electron chi connectivity index (χ3n) is 2.63. The summed E-state index contributed by atoms with van der Waals surface area (Å²) in [5, 5.41) is 3.44. The van der Waals surface area contributed by atoms with E-state index in [0.29, 0.717) is 0 Å². The van der Waals surface area contributed by atoms with Gasteiger partial charge in [-0.3, -0.25) is 0 Å². The summed E-state index contributed by atoms with van der Waals surface area (Å²) in [5.41, 5.74) is 4.79. The quantitative estimate of drug-likeness (QED) is 0.557. The van der Waals surface area contributed by atoms with Crippen LogP contribution in [0.4, 0.5) is 11.4 Å². The molecule has 0 bridgehead atoms. The molecule has 1 nitrogen and oxygen atoms in total. The summed E-state index contributed by atoms with van der Waals surface area (Å²) in [6.07, 6.45) is 5.54. The Morgan fingerprint density at radius 2 is 1.11 bits per heavy atom. The second-order valence-electron chi connectivity index (χ2n) is 4.34. The van der Waals surface area contributed by atoms with E-state index in [4.69, 9.17) is 0 Å². The van der Waals surface area contributed by atoms with E-state index < -0.39 is 0 Å². The van der Waals surface area contributed by atoms with Gasteiger partial charge in [0.1, 0.15) is 0 Å². The van der Waals surface area contributed by atoms with Crippen LogP contribution in [0.5, 0.6) is 0 Å². The molecular weight excluding hydrogens is 218 g/mol. The minimum Gasteiger partial charge on any atom is -0.355 e. The third kappa shape index (κ3) is 2.80. The molecule has 0 fully saturated rings. The largest absolute Gasteiger partial charge is 0.355 e. The van der Waals surface area contributed by atoms with Crippen LogP contribution in [0.1, 0.15) is 31.4 Å². The summed E-state index contributed by atoms with van der Waals surface area (Å²) < 4.78 is 0. The van der Waals surface area contributed by atoms with E-state index in [2.05, 4.69) is 67.7 Å². The third-order valence-corrected chi connectivity index (χ3v) is 2.63. The Morgan fingerprint density at radius 3 is 1.56 bits per heavy atom. The number of anilines is 2. The fraction of sp³-hybridized carbons (Fsp3) is 0.176. The first-order valence-corrected chi connectivity index (χ1v) is 6.48. The van der Waals surface area contributed by atoms with Crippen LogP contribution in [0.3, 0.4) is 0 Å². The van der Waals surface area contributed by atoms with Gasteiger partial charge in [0, 0.05) is 11.4 Å². The van der Waals surface area contributed by atoms with Crippen molar-refractivity contribution in [1.82, 2.24) is 0 Å². The van der Waals surface area contributed by atoms with Crippen molar-refractivity contribution in [3.05, 3.63) is 59.7 Å². The Balaban J connectivity index is 0.000000367. The predicted molar refractivity (Wildman–Crippen MR) is 81.1 cm³/mol. The maximum absolute atomic E-state index is 3.44. The zero-order valence-electron chi connectivity index (χ0n) is 11.0. The molecule has 1 heteroatoms. The Labute approximate surface area is 109 Å². The van der Waals surface area contributed by atoms with Crippen molar-refractivity contribution in [3.8, 4) is 0 Å². The molecule has 1 aliphatic rings. The van der Waals surface area contributed by atoms with Crippen LogP contribution in [-0.4, -0.2) is 0 Å². The van der Waals surface area contributed by atoms with Crippen molar-refractivity contribution in [3.63, 3.8) is 0 Å². The van der Waals surface area contributed by atoms with Crippen molar-refractivity contribution in [2.24, 2.45) is 0 Å². The maximum atomic E-state index is 3.44. The lowest BCUT2D eigenvalue weighted by molar-refractivity contribution is 1.09. The maximum Gasteiger partial charge on any atom is 0.0457 e. The number of nitrogens with one attached hydrogen (secondary N) is 1. The van der Waals surface area contributed by atoms with Crippen LogP contribution in [0.15, 0.2) is 48.5 Å². The number of rotatable bonds is 0. The van der Waals surface area contributed by atoms with E-state index in [0.717, 1.165) is 0 Å². The second-order valence-corrected chi connectivity index (χ2v) is 4.34. The molecule has 0 saturated carbocycles. The molecule has 0 aromatic heterocycles. The molecule has 2 aromatic rings. The molecule has 0 atom stereocenters. The molecule has 92 valence electrons. The van der Waals surface area contributed by atoms with Crippen LogP contribution in [0.2, 0.25) is 0 Å². The molecule has 0 saturated heterocycles. The average molecular weight is 237 g/mol. The van der Waals surface area contributed by atoms with Gasteiger partial charge in [-0.2, -0.15) is 0 Å². The lowest BCUT2D eigenvalue weighted by Crippen LogP contribution is -1.92. The Morgan fingerprint density at radius 1 is 0.722 bits per heavy atom. The van der Waals surface area contributed by atoms with Crippen LogP contribution in [-0.2, 0) is 0 Å². The van der Waals surface area contributed by atoms with Gasteiger partial charge in [-0.05, 0) is 23.3 Å². The van der Waals surface area contributed by atoms with Crippen LogP contribution >= 0.6 is 0 Å². The number of para-hydroxylation sites is 2. The smallest absolute Gasteiger partial charge is 0.0457 e. The monoisotopic (exact) mass is 237 g/mol. The molecule has 0 amide bonds. The lowest BCUT2D eigenvalue weighted by atomic mass is 10.1. The first-order chi connectivity index (χ1) is 8.85. The van der Waals surface area contributed by atoms with Gasteiger partial charge in [-0.1, -0.05) is 68.8 Å². The first-order valence-electron chi connectivity index (χ1n) is 6.48. The fourth-order valence-corrected chi connectivity index (χ4v) is 1.84. The molecule has 0 aliphatic carbocycles. The van der Waals surface area contributed by atoms with Crippen molar-refractivity contribution >= 4 is 23.5 Å². The molecule has 0 unspecified atom stereocenters. The molecule has 1 heterocycles. The van der Waals surface area contributed by atoms with Gasteiger partial charge in [0.05, 0.1) is 0 Å². The summed E-state index contributed by atoms with van der Waals surface area (Å²) in [6.45, 7) is 4.25. The van der Waals surface area contributed by atoms with Gasteiger partial charge < -0.3 is 5.32 Å². The van der Waals surface area contributed by atoms with Crippen molar-refractivity contribution in [2.45, 2.75) is 20.3 Å². The molecule has 3 rings (SSSR count). The van der Waals surface area contributed by atoms with Crippen molar-refractivity contribution < 1.29 is 0 Å². The van der Waals surface area contributed by atoms with Crippen LogP contribution in [0.25, 0.3) is 12.2 Å². The van der Waals surface area contributed by atoms with Gasteiger partial charge in [0.15, 0.2) is 0 Å². The predicted octanol–water partition coefficient (Wildman–Crippen LogP) is 5.33. The lowest BCUT2D eigenvalue weighted by Gasteiger charge is -2.08. The molecular formula is C17H19N. The van der Waals surface area contributed by atoms with Gasteiger partial charge in [-0.25, -0.2) is 0 Å². The second kappa shape index (κ2) is 6.06. The van der Waals surface area contributed by atoms with E-state index >= 15 is 0 Å². The molecule has 18 heavy (non-hydrogen) atoms. The van der Waals surface area contributed by atoms with Crippen molar-refractivity contribution in [2.75, 3.05) is 5.32 Å². The van der Waals surface area contributed by atoms with Gasteiger partial charge in [0.25, 0.3) is 0 Å². The van der Waals surface area contributed by atoms with Crippen LogP contribution < -0.4 is 5.32 Å². The number of hydrogen-bond acceptors (Lipinski definition) is 1. The Kier molecular flexibility index (Phi) is 4.19. The normalized spacial score (nSPS) is 11.2. The summed E-state index contributed by atoms with van der Waals surface area (Å²) in [5.74, 6) is 0. The highest BCUT2D eigenvalue weighted by atomic mass is 14.9. The van der Waals surface area contributed by atoms with Gasteiger partial charge >= 0.3 is 0 Å². The summed E-state index contributed by atoms with van der Waals surface area (Å²) in [4.78, 5) is 0. The highest BCUT2D eigenvalue weighted by Crippen LogP contribution is 2.29. The average Bonchev–Trinajstić information content (AvgIpc) is 2.58. The molecule has 1 aliphatic heterocycles. The van der Waals surface area contributed by atoms with E-state index in [1.165, 1.54) is 28.9 Å². The van der Waals surface area contributed by atoms with E-state index in [1.807, 2.05) is 12.1 Å². The van der Waals surface area contributed by atoms with Crippen LogP contribution in [0, 0.1) is 0 Å². The van der Waals surface area contributed by atoms with Crippen molar-refractivity contribution in [1.29, 1.82) is 0 Å². The Bertz CT molecular complexity index is 493. The minimum absolute atomic E-state index is 1.17.